The molecule has 5 nitrogen and oxygen atoms in total. The number of halogens is 1. The van der Waals surface area contributed by atoms with Crippen molar-refractivity contribution >= 4 is 27.7 Å². The van der Waals surface area contributed by atoms with Crippen LogP contribution in [0.2, 0.25) is 0 Å². The molecule has 0 bridgehead atoms. The summed E-state index contributed by atoms with van der Waals surface area (Å²) in [6.45, 7) is -0.122. The summed E-state index contributed by atoms with van der Waals surface area (Å²) in [6.07, 6.45) is 0. The van der Waals surface area contributed by atoms with E-state index in [9.17, 15) is 9.59 Å². The first-order valence-corrected chi connectivity index (χ1v) is 5.28. The van der Waals surface area contributed by atoms with Crippen LogP contribution in [0.15, 0.2) is 28.7 Å². The zero-order valence-electron chi connectivity index (χ0n) is 8.62. The van der Waals surface area contributed by atoms with Gasteiger partial charge >= 0.3 is 0 Å². The Bertz CT molecular complexity index is 378. The molecule has 1 aromatic rings. The number of hydrogen-bond acceptors (Lipinski definition) is 3. The molecule has 0 atom stereocenters. The summed E-state index contributed by atoms with van der Waals surface area (Å²) in [7, 11) is 1.33. The molecule has 1 aromatic carbocycles. The minimum atomic E-state index is -0.409. The van der Waals surface area contributed by atoms with Crippen molar-refractivity contribution in [1.29, 1.82) is 0 Å². The van der Waals surface area contributed by atoms with E-state index >= 15 is 0 Å². The quantitative estimate of drug-likeness (QED) is 0.807. The number of hydroxylamine groups is 1. The molecule has 16 heavy (non-hydrogen) atoms. The molecule has 0 aliphatic rings. The minimum Gasteiger partial charge on any atom is -0.343 e. The van der Waals surface area contributed by atoms with Crippen LogP contribution in [-0.2, 0) is 9.63 Å². The summed E-state index contributed by atoms with van der Waals surface area (Å²) >= 11 is 3.26. The van der Waals surface area contributed by atoms with Crippen molar-refractivity contribution in [2.75, 3.05) is 13.7 Å². The second-order valence-electron chi connectivity index (χ2n) is 2.92. The average molecular weight is 287 g/mol. The van der Waals surface area contributed by atoms with Crippen LogP contribution >= 0.6 is 15.9 Å². The maximum Gasteiger partial charge on any atom is 0.262 e. The van der Waals surface area contributed by atoms with Gasteiger partial charge < -0.3 is 5.32 Å². The van der Waals surface area contributed by atoms with Gasteiger partial charge in [-0.15, -0.1) is 0 Å². The average Bonchev–Trinajstić information content (AvgIpc) is 2.27. The lowest BCUT2D eigenvalue weighted by Crippen LogP contribution is -2.36. The van der Waals surface area contributed by atoms with Crippen LogP contribution in [0.4, 0.5) is 0 Å². The fourth-order valence-corrected chi connectivity index (χ4v) is 1.28. The lowest BCUT2D eigenvalue weighted by molar-refractivity contribution is -0.130. The standard InChI is InChI=1S/C10H11BrN2O3/c1-16-13-9(14)6-12-10(15)7-2-4-8(11)5-3-7/h2-5H,6H2,1H3,(H,12,15)(H,13,14). The van der Waals surface area contributed by atoms with Crippen molar-refractivity contribution in [2.24, 2.45) is 0 Å². The molecule has 0 unspecified atom stereocenters. The van der Waals surface area contributed by atoms with Gasteiger partial charge in [-0.05, 0) is 24.3 Å². The monoisotopic (exact) mass is 286 g/mol. The molecule has 0 saturated carbocycles. The normalized spacial score (nSPS) is 9.62. The fraction of sp³-hybridized carbons (Fsp3) is 0.200. The molecule has 1 rings (SSSR count). The first kappa shape index (κ1) is 12.7. The molecule has 0 aromatic heterocycles. The van der Waals surface area contributed by atoms with Gasteiger partial charge in [0.2, 0.25) is 0 Å². The summed E-state index contributed by atoms with van der Waals surface area (Å²) in [5, 5.41) is 2.46. The highest BCUT2D eigenvalue weighted by Gasteiger charge is 2.07. The summed E-state index contributed by atoms with van der Waals surface area (Å²) in [5.41, 5.74) is 2.59. The maximum atomic E-state index is 11.5. The first-order valence-electron chi connectivity index (χ1n) is 4.49. The van der Waals surface area contributed by atoms with Crippen molar-refractivity contribution in [3.05, 3.63) is 34.3 Å². The molecule has 0 aliphatic heterocycles. The van der Waals surface area contributed by atoms with Crippen molar-refractivity contribution in [3.63, 3.8) is 0 Å². The Labute approximate surface area is 101 Å². The number of rotatable bonds is 4. The lowest BCUT2D eigenvalue weighted by atomic mass is 10.2. The smallest absolute Gasteiger partial charge is 0.262 e. The van der Waals surface area contributed by atoms with Crippen molar-refractivity contribution < 1.29 is 14.4 Å². The number of benzene rings is 1. The van der Waals surface area contributed by atoms with Gasteiger partial charge in [-0.2, -0.15) is 0 Å². The minimum absolute atomic E-state index is 0.122. The molecule has 0 saturated heterocycles. The Morgan fingerprint density at radius 1 is 1.31 bits per heavy atom. The van der Waals surface area contributed by atoms with E-state index in [0.717, 1.165) is 4.47 Å². The Balaban J connectivity index is 2.47. The summed E-state index contributed by atoms with van der Waals surface area (Å²) in [4.78, 5) is 26.9. The van der Waals surface area contributed by atoms with E-state index in [-0.39, 0.29) is 12.5 Å². The summed E-state index contributed by atoms with van der Waals surface area (Å²) in [5.74, 6) is -0.716. The highest BCUT2D eigenvalue weighted by atomic mass is 79.9. The van der Waals surface area contributed by atoms with Gasteiger partial charge in [0.1, 0.15) is 0 Å². The molecule has 86 valence electrons. The number of nitrogens with one attached hydrogen (secondary N) is 2. The molecule has 0 aliphatic carbocycles. The summed E-state index contributed by atoms with van der Waals surface area (Å²) < 4.78 is 0.890. The Kier molecular flexibility index (Phi) is 4.94. The number of hydrogen-bond donors (Lipinski definition) is 2. The Hall–Kier alpha value is -1.40. The van der Waals surface area contributed by atoms with Crippen LogP contribution in [0.1, 0.15) is 10.4 Å². The molecular weight excluding hydrogens is 276 g/mol. The van der Waals surface area contributed by atoms with Crippen molar-refractivity contribution in [1.82, 2.24) is 10.8 Å². The van der Waals surface area contributed by atoms with Gasteiger partial charge in [-0.3, -0.25) is 14.4 Å². The van der Waals surface area contributed by atoms with Gasteiger partial charge in [0, 0.05) is 10.0 Å². The zero-order chi connectivity index (χ0) is 12.0. The van der Waals surface area contributed by atoms with E-state index < -0.39 is 5.91 Å². The van der Waals surface area contributed by atoms with Crippen molar-refractivity contribution in [3.8, 4) is 0 Å². The van der Waals surface area contributed by atoms with Crippen LogP contribution in [0.25, 0.3) is 0 Å². The molecule has 2 amide bonds. The number of amides is 2. The van der Waals surface area contributed by atoms with Crippen LogP contribution in [0.5, 0.6) is 0 Å². The van der Waals surface area contributed by atoms with E-state index in [2.05, 4.69) is 31.6 Å². The van der Waals surface area contributed by atoms with E-state index in [1.165, 1.54) is 7.11 Å². The number of carbonyl (C=O) groups is 2. The van der Waals surface area contributed by atoms with Gasteiger partial charge in [-0.1, -0.05) is 15.9 Å². The highest BCUT2D eigenvalue weighted by Crippen LogP contribution is 2.10. The van der Waals surface area contributed by atoms with Crippen LogP contribution < -0.4 is 10.8 Å². The second kappa shape index (κ2) is 6.24. The van der Waals surface area contributed by atoms with E-state index in [4.69, 9.17) is 0 Å². The third-order valence-electron chi connectivity index (χ3n) is 1.73. The third-order valence-corrected chi connectivity index (χ3v) is 2.26. The third kappa shape index (κ3) is 4.00. The van der Waals surface area contributed by atoms with E-state index in [1.807, 2.05) is 0 Å². The SMILES string of the molecule is CONC(=O)CNC(=O)c1ccc(Br)cc1. The molecule has 0 spiro atoms. The lowest BCUT2D eigenvalue weighted by Gasteiger charge is -2.05. The zero-order valence-corrected chi connectivity index (χ0v) is 10.2. The van der Waals surface area contributed by atoms with E-state index in [1.54, 1.807) is 24.3 Å². The van der Waals surface area contributed by atoms with Gasteiger partial charge in [-0.25, -0.2) is 5.48 Å². The van der Waals surface area contributed by atoms with Crippen LogP contribution in [0, 0.1) is 0 Å². The van der Waals surface area contributed by atoms with Gasteiger partial charge in [0.05, 0.1) is 13.7 Å². The molecule has 0 fully saturated rings. The van der Waals surface area contributed by atoms with Gasteiger partial charge in [0.25, 0.3) is 11.8 Å². The van der Waals surface area contributed by atoms with Crippen molar-refractivity contribution in [2.45, 2.75) is 0 Å². The maximum absolute atomic E-state index is 11.5. The fourth-order valence-electron chi connectivity index (χ4n) is 1.01. The largest absolute Gasteiger partial charge is 0.343 e. The molecule has 0 radical (unpaired) electrons. The molecule has 6 heteroatoms. The predicted octanol–water partition coefficient (Wildman–Crippen LogP) is 0.857. The number of carbonyl (C=O) groups excluding carboxylic acids is 2. The molecule has 0 heterocycles. The van der Waals surface area contributed by atoms with Crippen LogP contribution in [0.3, 0.4) is 0 Å². The highest BCUT2D eigenvalue weighted by molar-refractivity contribution is 9.10. The summed E-state index contributed by atoms with van der Waals surface area (Å²) in [6, 6.07) is 6.83. The second-order valence-corrected chi connectivity index (χ2v) is 3.83. The van der Waals surface area contributed by atoms with Gasteiger partial charge in [0.15, 0.2) is 0 Å². The van der Waals surface area contributed by atoms with E-state index in [0.29, 0.717) is 5.56 Å². The predicted molar refractivity (Wildman–Crippen MR) is 61.6 cm³/mol. The first-order chi connectivity index (χ1) is 7.63. The molecule has 2 N–H and O–H groups in total. The molecular formula is C10H11BrN2O3. The Morgan fingerprint density at radius 3 is 2.50 bits per heavy atom. The topological polar surface area (TPSA) is 67.4 Å². The van der Waals surface area contributed by atoms with Crippen LogP contribution in [-0.4, -0.2) is 25.5 Å². The Morgan fingerprint density at radius 2 is 1.94 bits per heavy atom.